The molecule has 0 saturated heterocycles. The number of hydrogen-bond acceptors (Lipinski definition) is 5. The molecule has 0 atom stereocenters. The molecular weight excluding hydrogens is 435 g/mol. The highest BCUT2D eigenvalue weighted by molar-refractivity contribution is 14.0. The number of guanidine groups is 1. The van der Waals surface area contributed by atoms with E-state index in [0.717, 1.165) is 30.7 Å². The first-order chi connectivity index (χ1) is 11.7. The first kappa shape index (κ1) is 19.4. The first-order valence-corrected chi connectivity index (χ1v) is 7.96. The number of aliphatic imine (C=N–C) groups is 1. The Kier molecular flexibility index (Phi) is 6.91. The van der Waals surface area contributed by atoms with Crippen molar-refractivity contribution < 1.29 is 14.0 Å². The topological polar surface area (TPSA) is 94.9 Å². The fraction of sp³-hybridized carbons (Fsp3) is 0.412. The van der Waals surface area contributed by atoms with Crippen LogP contribution in [-0.2, 0) is 19.4 Å². The molecule has 7 nitrogen and oxygen atoms in total. The molecule has 0 radical (unpaired) electrons. The van der Waals surface area contributed by atoms with Crippen LogP contribution < -0.4 is 20.5 Å². The van der Waals surface area contributed by atoms with Crippen molar-refractivity contribution in [3.8, 4) is 11.5 Å². The van der Waals surface area contributed by atoms with E-state index in [1.165, 1.54) is 12.0 Å². The van der Waals surface area contributed by atoms with E-state index < -0.39 is 0 Å². The largest absolute Gasteiger partial charge is 0.497 e. The molecule has 0 aliphatic heterocycles. The van der Waals surface area contributed by atoms with Crippen molar-refractivity contribution in [2.75, 3.05) is 19.5 Å². The minimum atomic E-state index is 0. The maximum atomic E-state index is 6.00. The number of ether oxygens (including phenoxy) is 2. The Balaban J connectivity index is 0.00000225. The number of benzene rings is 1. The fourth-order valence-electron chi connectivity index (χ4n) is 2.82. The number of rotatable bonds is 5. The van der Waals surface area contributed by atoms with Gasteiger partial charge in [0.1, 0.15) is 23.0 Å². The molecule has 3 N–H and O–H groups in total. The monoisotopic (exact) mass is 458 g/mol. The average Bonchev–Trinajstić information content (AvgIpc) is 3.03. The van der Waals surface area contributed by atoms with Crippen LogP contribution in [0, 0.1) is 0 Å². The van der Waals surface area contributed by atoms with E-state index >= 15 is 0 Å². The molecule has 2 aromatic rings. The van der Waals surface area contributed by atoms with Crippen LogP contribution in [0.5, 0.6) is 11.5 Å². The number of aryl methyl sites for hydroxylation is 1. The third-order valence-corrected chi connectivity index (χ3v) is 4.10. The number of hydrogen-bond donors (Lipinski definition) is 2. The molecule has 8 heteroatoms. The van der Waals surface area contributed by atoms with E-state index in [1.807, 2.05) is 12.1 Å². The Morgan fingerprint density at radius 3 is 2.84 bits per heavy atom. The minimum Gasteiger partial charge on any atom is -0.497 e. The van der Waals surface area contributed by atoms with Crippen molar-refractivity contribution in [1.29, 1.82) is 0 Å². The van der Waals surface area contributed by atoms with Gasteiger partial charge in [-0.15, -0.1) is 24.0 Å². The summed E-state index contributed by atoms with van der Waals surface area (Å²) in [6, 6.07) is 5.43. The van der Waals surface area contributed by atoms with Gasteiger partial charge in [0.25, 0.3) is 0 Å². The summed E-state index contributed by atoms with van der Waals surface area (Å²) in [5.41, 5.74) is 8.75. The number of nitrogens with zero attached hydrogens (tertiary/aromatic N) is 2. The van der Waals surface area contributed by atoms with Crippen molar-refractivity contribution in [1.82, 2.24) is 5.16 Å². The second kappa shape index (κ2) is 8.93. The number of fused-ring (bicyclic) bond motifs is 1. The van der Waals surface area contributed by atoms with Crippen LogP contribution in [0.25, 0.3) is 0 Å². The van der Waals surface area contributed by atoms with Crippen LogP contribution in [0.15, 0.2) is 27.7 Å². The summed E-state index contributed by atoms with van der Waals surface area (Å²) in [5.74, 6) is 2.64. The van der Waals surface area contributed by atoms with Crippen molar-refractivity contribution in [3.63, 3.8) is 0 Å². The van der Waals surface area contributed by atoms with E-state index in [4.69, 9.17) is 19.7 Å². The average molecular weight is 458 g/mol. The summed E-state index contributed by atoms with van der Waals surface area (Å²) in [7, 11) is 3.21. The third kappa shape index (κ3) is 4.56. The zero-order valence-corrected chi connectivity index (χ0v) is 16.7. The molecule has 1 aromatic carbocycles. The molecule has 0 bridgehead atoms. The number of halogens is 1. The predicted molar refractivity (Wildman–Crippen MR) is 107 cm³/mol. The summed E-state index contributed by atoms with van der Waals surface area (Å²) < 4.78 is 15.9. The van der Waals surface area contributed by atoms with E-state index in [0.29, 0.717) is 23.7 Å². The molecule has 0 unspecified atom stereocenters. The highest BCUT2D eigenvalue weighted by Gasteiger charge is 2.18. The predicted octanol–water partition coefficient (Wildman–Crippen LogP) is 3.12. The molecule has 0 amide bonds. The third-order valence-electron chi connectivity index (χ3n) is 4.10. The number of methoxy groups -OCH3 is 2. The highest BCUT2D eigenvalue weighted by atomic mass is 127. The molecule has 3 rings (SSSR count). The Bertz CT molecular complexity index is 745. The van der Waals surface area contributed by atoms with Gasteiger partial charge in [-0.05, 0) is 31.4 Å². The normalized spacial score (nSPS) is 13.6. The van der Waals surface area contributed by atoms with Crippen LogP contribution in [0.3, 0.4) is 0 Å². The second-order valence-electron chi connectivity index (χ2n) is 5.63. The number of nitrogens with two attached hydrogens (primary N) is 1. The minimum absolute atomic E-state index is 0. The summed E-state index contributed by atoms with van der Waals surface area (Å²) >= 11 is 0. The summed E-state index contributed by atoms with van der Waals surface area (Å²) in [6.07, 6.45) is 4.28. The Morgan fingerprint density at radius 1 is 1.28 bits per heavy atom. The number of nitrogens with one attached hydrogen (secondary N) is 1. The van der Waals surface area contributed by atoms with Crippen LogP contribution in [-0.4, -0.2) is 25.3 Å². The summed E-state index contributed by atoms with van der Waals surface area (Å²) in [5, 5.41) is 7.17. The van der Waals surface area contributed by atoms with Gasteiger partial charge in [-0.1, -0.05) is 5.16 Å². The second-order valence-corrected chi connectivity index (χ2v) is 5.63. The maximum absolute atomic E-state index is 6.00. The van der Waals surface area contributed by atoms with Gasteiger partial charge in [-0.2, -0.15) is 0 Å². The Labute approximate surface area is 164 Å². The Morgan fingerprint density at radius 2 is 2.08 bits per heavy atom. The van der Waals surface area contributed by atoms with Gasteiger partial charge in [0.2, 0.25) is 0 Å². The number of anilines is 1. The molecule has 1 aliphatic carbocycles. The van der Waals surface area contributed by atoms with Gasteiger partial charge in [-0.3, -0.25) is 0 Å². The van der Waals surface area contributed by atoms with E-state index in [1.54, 1.807) is 20.3 Å². The maximum Gasteiger partial charge on any atom is 0.193 e. The molecule has 1 aliphatic rings. The SMILES string of the molecule is COc1ccc(OC)c(NC(N)=NCc2noc3c2CCCC3)c1.I. The molecular formula is C17H23IN4O3. The smallest absolute Gasteiger partial charge is 0.193 e. The molecule has 136 valence electrons. The molecule has 1 aromatic heterocycles. The van der Waals surface area contributed by atoms with Gasteiger partial charge >= 0.3 is 0 Å². The van der Waals surface area contributed by atoms with Crippen LogP contribution in [0.2, 0.25) is 0 Å². The lowest BCUT2D eigenvalue weighted by molar-refractivity contribution is 0.368. The van der Waals surface area contributed by atoms with Gasteiger partial charge in [0.05, 0.1) is 26.5 Å². The lowest BCUT2D eigenvalue weighted by atomic mass is 9.96. The van der Waals surface area contributed by atoms with Crippen molar-refractivity contribution in [2.45, 2.75) is 32.2 Å². The fourth-order valence-corrected chi connectivity index (χ4v) is 2.82. The van der Waals surface area contributed by atoms with Gasteiger partial charge in [-0.25, -0.2) is 4.99 Å². The lowest BCUT2D eigenvalue weighted by Crippen LogP contribution is -2.23. The van der Waals surface area contributed by atoms with E-state index in [-0.39, 0.29) is 29.9 Å². The standard InChI is InChI=1S/C17H22N4O3.HI/c1-22-11-7-8-16(23-2)13(9-11)20-17(18)19-10-14-12-5-3-4-6-15(12)24-21-14;/h7-9H,3-6,10H2,1-2H3,(H3,18,19,20);1H. The first-order valence-electron chi connectivity index (χ1n) is 7.96. The molecule has 1 heterocycles. The molecule has 0 spiro atoms. The summed E-state index contributed by atoms with van der Waals surface area (Å²) in [4.78, 5) is 4.37. The van der Waals surface area contributed by atoms with Crippen LogP contribution >= 0.6 is 24.0 Å². The highest BCUT2D eigenvalue weighted by Crippen LogP contribution is 2.29. The van der Waals surface area contributed by atoms with Crippen LogP contribution in [0.1, 0.15) is 29.9 Å². The zero-order chi connectivity index (χ0) is 16.9. The lowest BCUT2D eigenvalue weighted by Gasteiger charge is -2.12. The Hall–Kier alpha value is -1.97. The van der Waals surface area contributed by atoms with Crippen molar-refractivity contribution in [2.24, 2.45) is 10.7 Å². The molecule has 25 heavy (non-hydrogen) atoms. The van der Waals surface area contributed by atoms with Gasteiger partial charge < -0.3 is 25.0 Å². The van der Waals surface area contributed by atoms with E-state index in [2.05, 4.69) is 15.5 Å². The van der Waals surface area contributed by atoms with Crippen molar-refractivity contribution in [3.05, 3.63) is 35.2 Å². The molecule has 0 fully saturated rings. The molecule has 0 saturated carbocycles. The quantitative estimate of drug-likeness (QED) is 0.406. The van der Waals surface area contributed by atoms with Crippen LogP contribution in [0.4, 0.5) is 5.69 Å². The zero-order valence-electron chi connectivity index (χ0n) is 14.4. The number of aromatic nitrogens is 1. The van der Waals surface area contributed by atoms with E-state index in [9.17, 15) is 0 Å². The van der Waals surface area contributed by atoms with Gasteiger partial charge in [0, 0.05) is 18.1 Å². The summed E-state index contributed by atoms with van der Waals surface area (Å²) in [6.45, 7) is 0.393. The van der Waals surface area contributed by atoms with Crippen molar-refractivity contribution >= 4 is 35.6 Å². The van der Waals surface area contributed by atoms with Gasteiger partial charge in [0.15, 0.2) is 5.96 Å².